The minimum atomic E-state index is -0.434. The zero-order valence-corrected chi connectivity index (χ0v) is 15.7. The molecule has 1 N–H and O–H groups in total. The van der Waals surface area contributed by atoms with Gasteiger partial charge in [-0.25, -0.2) is 0 Å². The number of aliphatic hydroxyl groups is 1. The van der Waals surface area contributed by atoms with E-state index in [-0.39, 0.29) is 0 Å². The first kappa shape index (κ1) is 18.7. The van der Waals surface area contributed by atoms with Gasteiger partial charge in [0.25, 0.3) is 0 Å². The van der Waals surface area contributed by atoms with Crippen LogP contribution in [0.1, 0.15) is 20.3 Å². The lowest BCUT2D eigenvalue weighted by Gasteiger charge is -2.35. The van der Waals surface area contributed by atoms with Crippen molar-refractivity contribution in [2.45, 2.75) is 26.4 Å². The first-order valence-corrected chi connectivity index (χ1v) is 9.19. The fourth-order valence-electron chi connectivity index (χ4n) is 3.28. The SMILES string of the molecule is C[C@@H]1C[C@H](C)CN(C[C@H](O)COCCOc2ccccc2Br)C1. The molecule has 0 unspecified atom stereocenters. The number of piperidine rings is 1. The summed E-state index contributed by atoms with van der Waals surface area (Å²) in [5.74, 6) is 2.24. The number of aliphatic hydroxyl groups excluding tert-OH is 1. The summed E-state index contributed by atoms with van der Waals surface area (Å²) in [5.41, 5.74) is 0. The van der Waals surface area contributed by atoms with E-state index in [4.69, 9.17) is 9.47 Å². The van der Waals surface area contributed by atoms with E-state index in [2.05, 4.69) is 34.7 Å². The number of hydrogen-bond donors (Lipinski definition) is 1. The van der Waals surface area contributed by atoms with E-state index < -0.39 is 6.10 Å². The van der Waals surface area contributed by atoms with Crippen LogP contribution >= 0.6 is 15.9 Å². The van der Waals surface area contributed by atoms with Crippen molar-refractivity contribution in [3.05, 3.63) is 28.7 Å². The summed E-state index contributed by atoms with van der Waals surface area (Å²) in [7, 11) is 0. The number of nitrogens with zero attached hydrogens (tertiary/aromatic N) is 1. The Kier molecular flexibility index (Phi) is 7.83. The summed E-state index contributed by atoms with van der Waals surface area (Å²) in [6, 6.07) is 7.75. The summed E-state index contributed by atoms with van der Waals surface area (Å²) in [5, 5.41) is 10.1. The van der Waals surface area contributed by atoms with Crippen molar-refractivity contribution in [1.82, 2.24) is 4.90 Å². The summed E-state index contributed by atoms with van der Waals surface area (Å²) in [4.78, 5) is 2.35. The summed E-state index contributed by atoms with van der Waals surface area (Å²) in [6.45, 7) is 8.73. The first-order chi connectivity index (χ1) is 11.0. The molecule has 1 heterocycles. The Bertz CT molecular complexity index is 461. The van der Waals surface area contributed by atoms with Crippen molar-refractivity contribution in [3.63, 3.8) is 0 Å². The van der Waals surface area contributed by atoms with E-state index in [1.807, 2.05) is 24.3 Å². The van der Waals surface area contributed by atoms with Crippen LogP contribution < -0.4 is 4.74 Å². The van der Waals surface area contributed by atoms with Gasteiger partial charge in [-0.05, 0) is 46.3 Å². The molecule has 4 nitrogen and oxygen atoms in total. The minimum Gasteiger partial charge on any atom is -0.490 e. The van der Waals surface area contributed by atoms with Crippen molar-refractivity contribution in [2.24, 2.45) is 11.8 Å². The molecule has 0 amide bonds. The lowest BCUT2D eigenvalue weighted by molar-refractivity contribution is -0.00215. The molecule has 1 aromatic carbocycles. The van der Waals surface area contributed by atoms with Gasteiger partial charge in [0.05, 0.1) is 23.8 Å². The zero-order valence-electron chi connectivity index (χ0n) is 14.1. The fourth-order valence-corrected chi connectivity index (χ4v) is 3.68. The molecule has 0 saturated carbocycles. The molecule has 1 aliphatic heterocycles. The highest BCUT2D eigenvalue weighted by molar-refractivity contribution is 9.10. The van der Waals surface area contributed by atoms with Crippen LogP contribution in [0, 0.1) is 11.8 Å². The molecule has 1 saturated heterocycles. The Labute approximate surface area is 147 Å². The topological polar surface area (TPSA) is 41.9 Å². The highest BCUT2D eigenvalue weighted by atomic mass is 79.9. The Morgan fingerprint density at radius 3 is 2.61 bits per heavy atom. The van der Waals surface area contributed by atoms with Crippen LogP contribution in [0.5, 0.6) is 5.75 Å². The minimum absolute atomic E-state index is 0.360. The highest BCUT2D eigenvalue weighted by Gasteiger charge is 2.23. The molecule has 130 valence electrons. The largest absolute Gasteiger partial charge is 0.490 e. The van der Waals surface area contributed by atoms with Crippen LogP contribution in [0.4, 0.5) is 0 Å². The van der Waals surface area contributed by atoms with Crippen molar-refractivity contribution >= 4 is 15.9 Å². The van der Waals surface area contributed by atoms with Gasteiger partial charge in [-0.2, -0.15) is 0 Å². The highest BCUT2D eigenvalue weighted by Crippen LogP contribution is 2.23. The predicted octanol–water partition coefficient (Wildman–Crippen LogP) is 3.18. The Hall–Kier alpha value is -0.620. The molecule has 1 aliphatic rings. The first-order valence-electron chi connectivity index (χ1n) is 8.40. The van der Waals surface area contributed by atoms with Crippen LogP contribution in [0.2, 0.25) is 0 Å². The fraction of sp³-hybridized carbons (Fsp3) is 0.667. The number of rotatable bonds is 8. The number of ether oxygens (including phenoxy) is 2. The van der Waals surface area contributed by atoms with Gasteiger partial charge in [-0.3, -0.25) is 0 Å². The van der Waals surface area contributed by atoms with Gasteiger partial charge in [0.15, 0.2) is 0 Å². The molecule has 0 spiro atoms. The normalized spacial score (nSPS) is 23.7. The molecule has 0 radical (unpaired) electrons. The van der Waals surface area contributed by atoms with Crippen molar-refractivity contribution in [1.29, 1.82) is 0 Å². The third kappa shape index (κ3) is 6.79. The van der Waals surface area contributed by atoms with E-state index in [0.717, 1.165) is 23.3 Å². The van der Waals surface area contributed by atoms with Gasteiger partial charge in [0.1, 0.15) is 12.4 Å². The lowest BCUT2D eigenvalue weighted by Crippen LogP contribution is -2.43. The third-order valence-corrected chi connectivity index (χ3v) is 4.70. The second-order valence-electron chi connectivity index (χ2n) is 6.67. The van der Waals surface area contributed by atoms with Crippen LogP contribution in [0.3, 0.4) is 0 Å². The van der Waals surface area contributed by atoms with Crippen molar-refractivity contribution < 1.29 is 14.6 Å². The molecule has 0 bridgehead atoms. The Morgan fingerprint density at radius 1 is 1.22 bits per heavy atom. The van der Waals surface area contributed by atoms with Crippen LogP contribution in [0.25, 0.3) is 0 Å². The molecular weight excluding hydrogens is 358 g/mol. The third-order valence-electron chi connectivity index (χ3n) is 4.05. The molecule has 23 heavy (non-hydrogen) atoms. The van der Waals surface area contributed by atoms with Gasteiger partial charge >= 0.3 is 0 Å². The smallest absolute Gasteiger partial charge is 0.133 e. The van der Waals surface area contributed by atoms with Gasteiger partial charge in [0.2, 0.25) is 0 Å². The number of hydrogen-bond acceptors (Lipinski definition) is 4. The quantitative estimate of drug-likeness (QED) is 0.697. The molecule has 2 rings (SSSR count). The van der Waals surface area contributed by atoms with Crippen LogP contribution in [0.15, 0.2) is 28.7 Å². The average molecular weight is 386 g/mol. The van der Waals surface area contributed by atoms with Crippen molar-refractivity contribution in [3.8, 4) is 5.75 Å². The van der Waals surface area contributed by atoms with E-state index in [9.17, 15) is 5.11 Å². The zero-order chi connectivity index (χ0) is 16.7. The molecule has 1 aromatic rings. The maximum absolute atomic E-state index is 10.1. The van der Waals surface area contributed by atoms with E-state index in [1.165, 1.54) is 6.42 Å². The average Bonchev–Trinajstić information content (AvgIpc) is 2.47. The maximum Gasteiger partial charge on any atom is 0.133 e. The van der Waals surface area contributed by atoms with Crippen molar-refractivity contribution in [2.75, 3.05) is 39.5 Å². The molecule has 0 aliphatic carbocycles. The number of halogens is 1. The Morgan fingerprint density at radius 2 is 1.91 bits per heavy atom. The molecular formula is C18H28BrNO3. The summed E-state index contributed by atoms with van der Waals surface area (Å²) < 4.78 is 12.1. The second-order valence-corrected chi connectivity index (χ2v) is 7.53. The van der Waals surface area contributed by atoms with E-state index >= 15 is 0 Å². The number of β-amino-alcohol motifs (C(OH)–C–C–N with tert-alkyl or cyclic N) is 1. The summed E-state index contributed by atoms with van der Waals surface area (Å²) >= 11 is 3.44. The van der Waals surface area contributed by atoms with Gasteiger partial charge in [-0.1, -0.05) is 26.0 Å². The van der Waals surface area contributed by atoms with E-state index in [0.29, 0.717) is 38.2 Å². The monoisotopic (exact) mass is 385 g/mol. The lowest BCUT2D eigenvalue weighted by atomic mass is 9.92. The van der Waals surface area contributed by atoms with E-state index in [1.54, 1.807) is 0 Å². The molecule has 1 fully saturated rings. The van der Waals surface area contributed by atoms with Gasteiger partial charge < -0.3 is 19.5 Å². The summed E-state index contributed by atoms with van der Waals surface area (Å²) in [6.07, 6.45) is 0.853. The van der Waals surface area contributed by atoms with Crippen LogP contribution in [-0.2, 0) is 4.74 Å². The van der Waals surface area contributed by atoms with Gasteiger partial charge in [-0.15, -0.1) is 0 Å². The Balaban J connectivity index is 1.58. The molecule has 0 aromatic heterocycles. The standard InChI is InChI=1S/C18H28BrNO3/c1-14-9-15(2)11-20(10-14)12-16(21)13-22-7-8-23-18-6-4-3-5-17(18)19/h3-6,14-16,21H,7-13H2,1-2H3/t14-,15+,16-/m0/s1. The number of likely N-dealkylation sites (tertiary alicyclic amines) is 1. The molecule has 5 heteroatoms. The van der Waals surface area contributed by atoms with Gasteiger partial charge in [0, 0.05) is 19.6 Å². The second kappa shape index (κ2) is 9.62. The van der Waals surface area contributed by atoms with Crippen LogP contribution in [-0.4, -0.2) is 55.6 Å². The molecule has 3 atom stereocenters. The maximum atomic E-state index is 10.1. The number of para-hydroxylation sites is 1. The number of benzene rings is 1. The predicted molar refractivity (Wildman–Crippen MR) is 95.8 cm³/mol.